The molecule has 0 radical (unpaired) electrons. The Hall–Kier alpha value is -1.51. The van der Waals surface area contributed by atoms with Gasteiger partial charge in [-0.15, -0.1) is 0 Å². The molecule has 23 heavy (non-hydrogen) atoms. The molecule has 0 aromatic heterocycles. The van der Waals surface area contributed by atoms with E-state index in [0.717, 1.165) is 3.57 Å². The Morgan fingerprint density at radius 2 is 2.09 bits per heavy atom. The van der Waals surface area contributed by atoms with Crippen LogP contribution in [0.2, 0.25) is 10.0 Å². The van der Waals surface area contributed by atoms with Gasteiger partial charge in [0.2, 0.25) is 0 Å². The Morgan fingerprint density at radius 3 is 2.83 bits per heavy atom. The van der Waals surface area contributed by atoms with E-state index in [1.807, 2.05) is 0 Å². The number of nitrogens with one attached hydrogen (secondary N) is 1. The molecule has 8 heteroatoms. The highest BCUT2D eigenvalue weighted by Crippen LogP contribution is 2.27. The molecular weight excluding hydrogens is 454 g/mol. The van der Waals surface area contributed by atoms with Crippen LogP contribution in [0.25, 0.3) is 0 Å². The Morgan fingerprint density at radius 1 is 1.30 bits per heavy atom. The Balaban J connectivity index is 1.87. The van der Waals surface area contributed by atoms with Crippen molar-refractivity contribution in [1.29, 1.82) is 0 Å². The van der Waals surface area contributed by atoms with Crippen LogP contribution in [0.15, 0.2) is 41.5 Å². The van der Waals surface area contributed by atoms with Gasteiger partial charge in [0.15, 0.2) is 6.61 Å². The average molecular weight is 465 g/mol. The summed E-state index contributed by atoms with van der Waals surface area (Å²) in [5.41, 5.74) is 2.80. The molecule has 0 aliphatic carbocycles. The van der Waals surface area contributed by atoms with E-state index in [1.165, 1.54) is 12.3 Å². The highest BCUT2D eigenvalue weighted by molar-refractivity contribution is 14.1. The van der Waals surface area contributed by atoms with Crippen molar-refractivity contribution in [2.45, 2.75) is 0 Å². The zero-order chi connectivity index (χ0) is 16.8. The molecule has 2 rings (SSSR count). The number of phenols is 1. The summed E-state index contributed by atoms with van der Waals surface area (Å²) in [6.07, 6.45) is 1.35. The average Bonchev–Trinajstić information content (AvgIpc) is 2.50. The smallest absolute Gasteiger partial charge is 0.277 e. The summed E-state index contributed by atoms with van der Waals surface area (Å²) >= 11 is 13.8. The second kappa shape index (κ2) is 8.37. The molecule has 0 saturated carbocycles. The quantitative estimate of drug-likeness (QED) is 0.401. The van der Waals surface area contributed by atoms with Gasteiger partial charge in [-0.3, -0.25) is 4.79 Å². The van der Waals surface area contributed by atoms with E-state index in [2.05, 4.69) is 33.1 Å². The second-order valence-corrected chi connectivity index (χ2v) is 6.45. The number of carbonyl (C=O) groups is 1. The molecule has 0 saturated heterocycles. The van der Waals surface area contributed by atoms with Crippen LogP contribution in [0.4, 0.5) is 0 Å². The maximum absolute atomic E-state index is 11.7. The summed E-state index contributed by atoms with van der Waals surface area (Å²) in [5, 5.41) is 14.2. The minimum Gasteiger partial charge on any atom is -0.507 e. The largest absolute Gasteiger partial charge is 0.507 e. The SMILES string of the molecule is O=C(COc1ccc(Cl)cc1Cl)N/N=C\c1cc(I)ccc1O. The fourth-order valence-electron chi connectivity index (χ4n) is 1.57. The predicted octanol–water partition coefficient (Wildman–Crippen LogP) is 3.83. The molecule has 0 unspecified atom stereocenters. The van der Waals surface area contributed by atoms with Crippen LogP contribution in [-0.4, -0.2) is 23.8 Å². The molecule has 0 aliphatic heterocycles. The minimum atomic E-state index is -0.461. The lowest BCUT2D eigenvalue weighted by molar-refractivity contribution is -0.123. The molecule has 0 fully saturated rings. The highest BCUT2D eigenvalue weighted by Gasteiger charge is 2.06. The van der Waals surface area contributed by atoms with Crippen molar-refractivity contribution in [1.82, 2.24) is 5.43 Å². The molecule has 0 spiro atoms. The molecule has 0 aliphatic rings. The predicted molar refractivity (Wildman–Crippen MR) is 98.5 cm³/mol. The molecule has 1 amide bonds. The van der Waals surface area contributed by atoms with E-state index >= 15 is 0 Å². The number of hydrazone groups is 1. The van der Waals surface area contributed by atoms with Gasteiger partial charge >= 0.3 is 0 Å². The zero-order valence-electron chi connectivity index (χ0n) is 11.6. The molecule has 0 bridgehead atoms. The number of halogens is 3. The molecule has 5 nitrogen and oxygen atoms in total. The van der Waals surface area contributed by atoms with Crippen molar-refractivity contribution in [2.24, 2.45) is 5.10 Å². The van der Waals surface area contributed by atoms with E-state index in [4.69, 9.17) is 27.9 Å². The molecule has 0 atom stereocenters. The number of hydrogen-bond donors (Lipinski definition) is 2. The van der Waals surface area contributed by atoms with Gasteiger partial charge in [-0.1, -0.05) is 23.2 Å². The van der Waals surface area contributed by atoms with Gasteiger partial charge < -0.3 is 9.84 Å². The van der Waals surface area contributed by atoms with Crippen LogP contribution in [0, 0.1) is 3.57 Å². The van der Waals surface area contributed by atoms with Gasteiger partial charge in [0.1, 0.15) is 11.5 Å². The number of phenolic OH excluding ortho intramolecular Hbond substituents is 1. The number of rotatable bonds is 5. The van der Waals surface area contributed by atoms with Gasteiger partial charge in [-0.25, -0.2) is 5.43 Å². The minimum absolute atomic E-state index is 0.0765. The number of amides is 1. The van der Waals surface area contributed by atoms with Crippen LogP contribution in [0.3, 0.4) is 0 Å². The lowest BCUT2D eigenvalue weighted by Gasteiger charge is -2.07. The first-order valence-corrected chi connectivity index (χ1v) is 8.17. The standard InChI is InChI=1S/C15H11Cl2IN2O3/c16-10-1-4-14(12(17)6-10)23-8-15(22)20-19-7-9-5-11(18)2-3-13(9)21/h1-7,21H,8H2,(H,20,22)/b19-7-. The van der Waals surface area contributed by atoms with Crippen LogP contribution < -0.4 is 10.2 Å². The van der Waals surface area contributed by atoms with Gasteiger partial charge in [-0.05, 0) is 59.0 Å². The molecule has 2 aromatic rings. The second-order valence-electron chi connectivity index (χ2n) is 4.36. The summed E-state index contributed by atoms with van der Waals surface area (Å²) in [6, 6.07) is 9.75. The molecule has 2 aromatic carbocycles. The fourth-order valence-corrected chi connectivity index (χ4v) is 2.55. The van der Waals surface area contributed by atoms with Gasteiger partial charge in [0, 0.05) is 14.2 Å². The topological polar surface area (TPSA) is 70.9 Å². The zero-order valence-corrected chi connectivity index (χ0v) is 15.3. The van der Waals surface area contributed by atoms with Crippen molar-refractivity contribution >= 4 is 57.9 Å². The number of nitrogens with zero attached hydrogens (tertiary/aromatic N) is 1. The van der Waals surface area contributed by atoms with Crippen LogP contribution in [-0.2, 0) is 4.79 Å². The van der Waals surface area contributed by atoms with Crippen molar-refractivity contribution in [3.8, 4) is 11.5 Å². The third kappa shape index (κ3) is 5.56. The number of ether oxygens (including phenoxy) is 1. The van der Waals surface area contributed by atoms with Gasteiger partial charge in [0.25, 0.3) is 5.91 Å². The van der Waals surface area contributed by atoms with E-state index in [0.29, 0.717) is 21.4 Å². The lowest BCUT2D eigenvalue weighted by atomic mass is 10.2. The molecule has 120 valence electrons. The fraction of sp³-hybridized carbons (Fsp3) is 0.0667. The monoisotopic (exact) mass is 464 g/mol. The van der Waals surface area contributed by atoms with E-state index < -0.39 is 5.91 Å². The number of hydrogen-bond acceptors (Lipinski definition) is 4. The normalized spacial score (nSPS) is 10.7. The summed E-state index contributed by atoms with van der Waals surface area (Å²) < 4.78 is 6.21. The van der Waals surface area contributed by atoms with Crippen molar-refractivity contribution in [2.75, 3.05) is 6.61 Å². The first-order chi connectivity index (χ1) is 11.0. The summed E-state index contributed by atoms with van der Waals surface area (Å²) in [4.78, 5) is 11.7. The maximum atomic E-state index is 11.7. The lowest BCUT2D eigenvalue weighted by Crippen LogP contribution is -2.24. The summed E-state index contributed by atoms with van der Waals surface area (Å²) in [6.45, 7) is -0.253. The van der Waals surface area contributed by atoms with Crippen LogP contribution in [0.1, 0.15) is 5.56 Å². The number of benzene rings is 2. The first kappa shape index (κ1) is 17.8. The highest BCUT2D eigenvalue weighted by atomic mass is 127. The Kier molecular flexibility index (Phi) is 6.49. The maximum Gasteiger partial charge on any atom is 0.277 e. The van der Waals surface area contributed by atoms with Gasteiger partial charge in [-0.2, -0.15) is 5.10 Å². The van der Waals surface area contributed by atoms with Gasteiger partial charge in [0.05, 0.1) is 11.2 Å². The van der Waals surface area contributed by atoms with Crippen molar-refractivity contribution in [3.63, 3.8) is 0 Å². The summed E-state index contributed by atoms with van der Waals surface area (Å²) in [5.74, 6) is -0.0320. The molecule has 0 heterocycles. The van der Waals surface area contributed by atoms with E-state index in [9.17, 15) is 9.90 Å². The van der Waals surface area contributed by atoms with Crippen molar-refractivity contribution < 1.29 is 14.6 Å². The number of aromatic hydroxyl groups is 1. The van der Waals surface area contributed by atoms with Crippen molar-refractivity contribution in [3.05, 3.63) is 55.6 Å². The van der Waals surface area contributed by atoms with Crippen LogP contribution in [0.5, 0.6) is 11.5 Å². The molecule has 2 N–H and O–H groups in total. The van der Waals surface area contributed by atoms with E-state index in [-0.39, 0.29) is 12.4 Å². The summed E-state index contributed by atoms with van der Waals surface area (Å²) in [7, 11) is 0. The Labute approximate surface area is 156 Å². The Bertz CT molecular complexity index is 753. The number of carbonyl (C=O) groups excluding carboxylic acids is 1. The molecular formula is C15H11Cl2IN2O3. The van der Waals surface area contributed by atoms with E-state index in [1.54, 1.807) is 30.3 Å². The first-order valence-electron chi connectivity index (χ1n) is 6.34. The third-order valence-corrected chi connectivity index (χ3v) is 3.84. The van der Waals surface area contributed by atoms with Crippen LogP contribution >= 0.6 is 45.8 Å². The third-order valence-electron chi connectivity index (χ3n) is 2.64.